The third-order valence-electron chi connectivity index (χ3n) is 2.03. The summed E-state index contributed by atoms with van der Waals surface area (Å²) in [5, 5.41) is 11.6. The highest BCUT2D eigenvalue weighted by molar-refractivity contribution is 6.03. The zero-order chi connectivity index (χ0) is 10.1. The third kappa shape index (κ3) is 1.30. The van der Waals surface area contributed by atoms with Crippen LogP contribution in [0.3, 0.4) is 0 Å². The van der Waals surface area contributed by atoms with E-state index in [0.29, 0.717) is 6.42 Å². The number of ether oxygens (including phenoxy) is 1. The average molecular weight is 199 g/mol. The lowest BCUT2D eigenvalue weighted by atomic mass is 10.0. The van der Waals surface area contributed by atoms with Gasteiger partial charge in [-0.3, -0.25) is 0 Å². The molecule has 0 aliphatic carbocycles. The Bertz CT molecular complexity index is 404. The summed E-state index contributed by atoms with van der Waals surface area (Å²) in [6.45, 7) is 0.231. The molecule has 0 radical (unpaired) electrons. The molecule has 1 heterocycles. The number of fused-ring (bicyclic) bond motifs is 1. The fourth-order valence-electron chi connectivity index (χ4n) is 1.41. The van der Waals surface area contributed by atoms with E-state index in [9.17, 15) is 8.78 Å². The molecule has 74 valence electrons. The summed E-state index contributed by atoms with van der Waals surface area (Å²) in [7, 11) is 0. The summed E-state index contributed by atoms with van der Waals surface area (Å²) in [6.07, 6.45) is 0.340. The molecule has 14 heavy (non-hydrogen) atoms. The van der Waals surface area contributed by atoms with Crippen molar-refractivity contribution < 1.29 is 18.7 Å². The molecular formula is C9H7F2NO2. The van der Waals surface area contributed by atoms with E-state index >= 15 is 0 Å². The highest BCUT2D eigenvalue weighted by atomic mass is 19.1. The highest BCUT2D eigenvalue weighted by Crippen LogP contribution is 2.29. The predicted octanol–water partition coefficient (Wildman–Crippen LogP) is 1.93. The van der Waals surface area contributed by atoms with Crippen LogP contribution in [0.2, 0.25) is 0 Å². The van der Waals surface area contributed by atoms with Crippen molar-refractivity contribution in [2.45, 2.75) is 6.42 Å². The minimum atomic E-state index is -0.777. The molecule has 1 aromatic carbocycles. The summed E-state index contributed by atoms with van der Waals surface area (Å²) >= 11 is 0. The van der Waals surface area contributed by atoms with E-state index in [-0.39, 0.29) is 23.6 Å². The van der Waals surface area contributed by atoms with Crippen LogP contribution in [-0.2, 0) is 0 Å². The predicted molar refractivity (Wildman–Crippen MR) is 44.8 cm³/mol. The molecule has 0 amide bonds. The van der Waals surface area contributed by atoms with Gasteiger partial charge in [-0.05, 0) is 6.07 Å². The normalized spacial score (nSPS) is 17.7. The first-order valence-corrected chi connectivity index (χ1v) is 4.05. The molecule has 5 heteroatoms. The summed E-state index contributed by atoms with van der Waals surface area (Å²) in [5.41, 5.74) is 0.418. The minimum Gasteiger partial charge on any atom is -0.489 e. The molecule has 0 saturated heterocycles. The first kappa shape index (κ1) is 8.93. The van der Waals surface area contributed by atoms with E-state index in [4.69, 9.17) is 9.94 Å². The highest BCUT2D eigenvalue weighted by Gasteiger charge is 2.21. The van der Waals surface area contributed by atoms with Crippen molar-refractivity contribution in [2.24, 2.45) is 5.16 Å². The molecule has 0 fully saturated rings. The van der Waals surface area contributed by atoms with Gasteiger partial charge in [0.1, 0.15) is 5.82 Å². The number of oxime groups is 1. The smallest absolute Gasteiger partial charge is 0.168 e. The van der Waals surface area contributed by atoms with Gasteiger partial charge in [0.05, 0.1) is 12.3 Å². The molecule has 3 nitrogen and oxygen atoms in total. The number of hydrogen-bond acceptors (Lipinski definition) is 3. The monoisotopic (exact) mass is 199 g/mol. The second-order valence-corrected chi connectivity index (χ2v) is 2.91. The lowest BCUT2D eigenvalue weighted by molar-refractivity contribution is 0.288. The summed E-state index contributed by atoms with van der Waals surface area (Å²) < 4.78 is 31.0. The molecule has 0 unspecified atom stereocenters. The molecular weight excluding hydrogens is 192 g/mol. The van der Waals surface area contributed by atoms with Crippen molar-refractivity contribution in [3.05, 3.63) is 29.3 Å². The van der Waals surface area contributed by atoms with Crippen LogP contribution in [0.4, 0.5) is 8.78 Å². The molecule has 0 spiro atoms. The quantitative estimate of drug-likeness (QED) is 0.512. The molecule has 1 aromatic rings. The molecule has 1 aliphatic heterocycles. The van der Waals surface area contributed by atoms with E-state index in [1.54, 1.807) is 0 Å². The van der Waals surface area contributed by atoms with Gasteiger partial charge < -0.3 is 9.94 Å². The first-order valence-electron chi connectivity index (χ1n) is 4.05. The van der Waals surface area contributed by atoms with Gasteiger partial charge in [0.15, 0.2) is 11.6 Å². The molecule has 2 rings (SSSR count). The van der Waals surface area contributed by atoms with Crippen molar-refractivity contribution in [1.82, 2.24) is 0 Å². The van der Waals surface area contributed by atoms with Crippen LogP contribution < -0.4 is 4.74 Å². The lowest BCUT2D eigenvalue weighted by Gasteiger charge is -2.18. The van der Waals surface area contributed by atoms with Crippen LogP contribution in [0.1, 0.15) is 12.0 Å². The van der Waals surface area contributed by atoms with E-state index < -0.39 is 11.6 Å². The Balaban J connectivity index is 2.62. The summed E-state index contributed by atoms with van der Waals surface area (Å²) in [6, 6.07) is 1.83. The number of halogens is 2. The maximum absolute atomic E-state index is 13.1. The Kier molecular flexibility index (Phi) is 2.07. The fourth-order valence-corrected chi connectivity index (χ4v) is 1.41. The molecule has 0 bridgehead atoms. The molecule has 0 aromatic heterocycles. The molecule has 0 saturated carbocycles. The average Bonchev–Trinajstić information content (AvgIpc) is 2.17. The fraction of sp³-hybridized carbons (Fsp3) is 0.222. The summed E-state index contributed by atoms with van der Waals surface area (Å²) in [5.74, 6) is -1.54. The van der Waals surface area contributed by atoms with Gasteiger partial charge in [-0.2, -0.15) is 0 Å². The van der Waals surface area contributed by atoms with Crippen molar-refractivity contribution in [3.63, 3.8) is 0 Å². The van der Waals surface area contributed by atoms with Crippen LogP contribution in [0.25, 0.3) is 0 Å². The van der Waals surface area contributed by atoms with Crippen molar-refractivity contribution >= 4 is 5.71 Å². The van der Waals surface area contributed by atoms with Gasteiger partial charge in [0.2, 0.25) is 0 Å². The number of nitrogens with zero attached hydrogens (tertiary/aromatic N) is 1. The van der Waals surface area contributed by atoms with Crippen LogP contribution in [0, 0.1) is 11.6 Å². The Morgan fingerprint density at radius 3 is 2.86 bits per heavy atom. The van der Waals surface area contributed by atoms with E-state index in [1.165, 1.54) is 0 Å². The Hall–Kier alpha value is -1.65. The second kappa shape index (κ2) is 3.25. The van der Waals surface area contributed by atoms with E-state index in [2.05, 4.69) is 5.16 Å². The van der Waals surface area contributed by atoms with Crippen molar-refractivity contribution in [3.8, 4) is 5.75 Å². The van der Waals surface area contributed by atoms with Crippen LogP contribution in [0.5, 0.6) is 5.75 Å². The van der Waals surface area contributed by atoms with Gasteiger partial charge in [0.25, 0.3) is 0 Å². The van der Waals surface area contributed by atoms with Crippen molar-refractivity contribution in [1.29, 1.82) is 0 Å². The second-order valence-electron chi connectivity index (χ2n) is 2.91. The van der Waals surface area contributed by atoms with E-state index in [1.807, 2.05) is 0 Å². The standard InChI is InChI=1S/C9H7F2NO2/c10-5-3-6-8(12-13)1-2-14-9(6)7(11)4-5/h3-4,13H,1-2H2. The number of hydrogen-bond donors (Lipinski definition) is 1. The molecule has 1 N–H and O–H groups in total. The topological polar surface area (TPSA) is 41.8 Å². The Morgan fingerprint density at radius 1 is 1.36 bits per heavy atom. The first-order chi connectivity index (χ1) is 6.72. The third-order valence-corrected chi connectivity index (χ3v) is 2.03. The lowest BCUT2D eigenvalue weighted by Crippen LogP contribution is -2.17. The summed E-state index contributed by atoms with van der Waals surface area (Å²) in [4.78, 5) is 0. The number of benzene rings is 1. The Labute approximate surface area is 78.6 Å². The number of rotatable bonds is 0. The van der Waals surface area contributed by atoms with Gasteiger partial charge in [-0.25, -0.2) is 8.78 Å². The Morgan fingerprint density at radius 2 is 2.14 bits per heavy atom. The van der Waals surface area contributed by atoms with Crippen molar-refractivity contribution in [2.75, 3.05) is 6.61 Å². The largest absolute Gasteiger partial charge is 0.489 e. The molecule has 0 atom stereocenters. The SMILES string of the molecule is ON=C1CCOc2c(F)cc(F)cc21. The van der Waals surface area contributed by atoms with Gasteiger partial charge >= 0.3 is 0 Å². The van der Waals surface area contributed by atoms with Crippen LogP contribution >= 0.6 is 0 Å². The van der Waals surface area contributed by atoms with E-state index in [0.717, 1.165) is 12.1 Å². The zero-order valence-corrected chi connectivity index (χ0v) is 7.13. The van der Waals surface area contributed by atoms with Crippen LogP contribution in [0.15, 0.2) is 17.3 Å². The maximum Gasteiger partial charge on any atom is 0.168 e. The maximum atomic E-state index is 13.1. The van der Waals surface area contributed by atoms with Crippen LogP contribution in [-0.4, -0.2) is 17.5 Å². The van der Waals surface area contributed by atoms with Gasteiger partial charge in [0, 0.05) is 18.1 Å². The van der Waals surface area contributed by atoms with Gasteiger partial charge in [-0.15, -0.1) is 0 Å². The zero-order valence-electron chi connectivity index (χ0n) is 7.13. The van der Waals surface area contributed by atoms with Gasteiger partial charge in [-0.1, -0.05) is 5.16 Å². The minimum absolute atomic E-state index is 0.0505. The molecule has 1 aliphatic rings.